The molecular weight excluding hydrogens is 401 g/mol. The van der Waals surface area contributed by atoms with Crippen molar-refractivity contribution in [2.75, 3.05) is 0 Å². The average Bonchev–Trinajstić information content (AvgIpc) is 3.17. The number of halogens is 3. The van der Waals surface area contributed by atoms with Gasteiger partial charge in [0.15, 0.2) is 5.82 Å². The van der Waals surface area contributed by atoms with Crippen molar-refractivity contribution in [2.24, 2.45) is 0 Å². The van der Waals surface area contributed by atoms with Gasteiger partial charge in [-0.1, -0.05) is 12.1 Å². The Labute approximate surface area is 176 Å². The Hall–Kier alpha value is -4.00. The molecule has 3 aromatic rings. The molecule has 0 fully saturated rings. The zero-order valence-electron chi connectivity index (χ0n) is 16.1. The van der Waals surface area contributed by atoms with E-state index in [1.54, 1.807) is 24.4 Å². The third-order valence-corrected chi connectivity index (χ3v) is 4.94. The van der Waals surface area contributed by atoms with Gasteiger partial charge in [-0.3, -0.25) is 4.98 Å². The predicted molar refractivity (Wildman–Crippen MR) is 111 cm³/mol. The van der Waals surface area contributed by atoms with Gasteiger partial charge in [-0.2, -0.15) is 0 Å². The first-order chi connectivity index (χ1) is 15.1. The number of hydrogen-bond donors (Lipinski definition) is 0. The molecule has 0 aliphatic carbocycles. The van der Waals surface area contributed by atoms with Gasteiger partial charge in [0.2, 0.25) is 0 Å². The van der Waals surface area contributed by atoms with Gasteiger partial charge >= 0.3 is 0 Å². The van der Waals surface area contributed by atoms with E-state index >= 15 is 0 Å². The van der Waals surface area contributed by atoms with Gasteiger partial charge in [0.05, 0.1) is 11.3 Å². The molecule has 1 aromatic heterocycles. The van der Waals surface area contributed by atoms with Crippen LogP contribution in [0.2, 0.25) is 0 Å². The summed E-state index contributed by atoms with van der Waals surface area (Å²) < 4.78 is 43.3. The van der Waals surface area contributed by atoms with E-state index in [0.717, 1.165) is 11.6 Å². The maximum absolute atomic E-state index is 14.1. The van der Waals surface area contributed by atoms with Gasteiger partial charge in [-0.25, -0.2) is 23.1 Å². The summed E-state index contributed by atoms with van der Waals surface area (Å²) in [6, 6.07) is 13.5. The summed E-state index contributed by atoms with van der Waals surface area (Å²) in [7, 11) is 0. The molecule has 2 aliphatic rings. The molecule has 7 heteroatoms. The maximum Gasteiger partial charge on any atom is 0.163 e. The van der Waals surface area contributed by atoms with Crippen LogP contribution in [0.1, 0.15) is 5.56 Å². The molecule has 31 heavy (non-hydrogen) atoms. The minimum Gasteiger partial charge on any atom is -0.348 e. The van der Waals surface area contributed by atoms with Gasteiger partial charge in [-0.15, -0.1) is 0 Å². The van der Waals surface area contributed by atoms with Crippen LogP contribution in [-0.4, -0.2) is 19.5 Å². The fourth-order valence-electron chi connectivity index (χ4n) is 3.47. The number of aromatic nitrogens is 4. The lowest BCUT2D eigenvalue weighted by molar-refractivity contribution is 0.585. The second-order valence-electron chi connectivity index (χ2n) is 7.12. The van der Waals surface area contributed by atoms with E-state index in [1.165, 1.54) is 24.4 Å². The minimum absolute atomic E-state index is 0.285. The molecule has 0 spiro atoms. The van der Waals surface area contributed by atoms with Gasteiger partial charge in [0.25, 0.3) is 0 Å². The first-order valence-corrected chi connectivity index (χ1v) is 9.54. The van der Waals surface area contributed by atoms with Crippen LogP contribution in [0.3, 0.4) is 0 Å². The van der Waals surface area contributed by atoms with Crippen molar-refractivity contribution in [2.45, 2.75) is 6.54 Å². The molecule has 0 bridgehead atoms. The molecule has 0 atom stereocenters. The van der Waals surface area contributed by atoms with Crippen LogP contribution in [0.5, 0.6) is 0 Å². The lowest BCUT2D eigenvalue weighted by atomic mass is 10.1. The van der Waals surface area contributed by atoms with Crippen molar-refractivity contribution in [1.82, 2.24) is 19.5 Å². The largest absolute Gasteiger partial charge is 0.348 e. The van der Waals surface area contributed by atoms with Crippen LogP contribution in [0, 0.1) is 17.5 Å². The molecule has 2 aromatic carbocycles. The van der Waals surface area contributed by atoms with Crippen molar-refractivity contribution in [3.05, 3.63) is 102 Å². The van der Waals surface area contributed by atoms with E-state index < -0.39 is 11.6 Å². The lowest BCUT2D eigenvalue weighted by Crippen LogP contribution is -2.02. The molecule has 4 nitrogen and oxygen atoms in total. The Morgan fingerprint density at radius 2 is 1.61 bits per heavy atom. The Morgan fingerprint density at radius 1 is 0.774 bits per heavy atom. The Bertz CT molecular complexity index is 1360. The van der Waals surface area contributed by atoms with E-state index in [0.29, 0.717) is 34.9 Å². The van der Waals surface area contributed by atoms with Crippen LogP contribution in [0.15, 0.2) is 79.4 Å². The highest BCUT2D eigenvalue weighted by Gasteiger charge is 2.15. The van der Waals surface area contributed by atoms with Crippen LogP contribution >= 0.6 is 0 Å². The second-order valence-corrected chi connectivity index (χ2v) is 7.12. The quantitative estimate of drug-likeness (QED) is 0.384. The van der Waals surface area contributed by atoms with Crippen molar-refractivity contribution >= 4 is 0 Å². The fourth-order valence-corrected chi connectivity index (χ4v) is 3.47. The standard InChI is InChI=1S/C24H15F3N4/c25-17-5-6-18(21(27)10-17)16-9-15(11-28-12-16)13-31-8-7-22-23(14-31)30-24(29-22)19-3-1-2-4-20(19)26/h1-12,14H,13H2. The fraction of sp³-hybridized carbons (Fsp3) is 0.0417. The summed E-state index contributed by atoms with van der Waals surface area (Å²) in [5.41, 5.74) is 3.33. The molecule has 3 heterocycles. The van der Waals surface area contributed by atoms with Gasteiger partial charge in [0, 0.05) is 48.5 Å². The molecule has 5 rings (SSSR count). The van der Waals surface area contributed by atoms with Crippen molar-refractivity contribution < 1.29 is 13.2 Å². The van der Waals surface area contributed by atoms with Crippen molar-refractivity contribution in [3.8, 4) is 33.9 Å². The molecular formula is C24H15F3N4. The highest BCUT2D eigenvalue weighted by atomic mass is 19.1. The lowest BCUT2D eigenvalue weighted by Gasteiger charge is -2.10. The summed E-state index contributed by atoms with van der Waals surface area (Å²) >= 11 is 0. The summed E-state index contributed by atoms with van der Waals surface area (Å²) in [6.45, 7) is 0.460. The van der Waals surface area contributed by atoms with Crippen LogP contribution < -0.4 is 0 Å². The Balaban J connectivity index is 1.45. The van der Waals surface area contributed by atoms with Gasteiger partial charge in [0.1, 0.15) is 23.1 Å². The molecule has 152 valence electrons. The maximum atomic E-state index is 14.1. The SMILES string of the molecule is Fc1ccc(-c2cncc(Cn3ccc4nc(-c5ccccc5F)nc-4c3)c2)c(F)c1. The minimum atomic E-state index is -0.638. The zero-order chi connectivity index (χ0) is 21.4. The smallest absolute Gasteiger partial charge is 0.163 e. The number of fused-ring (bicyclic) bond motifs is 1. The number of pyridine rings is 2. The number of benzene rings is 2. The Kier molecular flexibility index (Phi) is 4.71. The van der Waals surface area contributed by atoms with E-state index in [-0.39, 0.29) is 11.4 Å². The molecule has 0 unspecified atom stereocenters. The van der Waals surface area contributed by atoms with Gasteiger partial charge in [-0.05, 0) is 42.0 Å². The predicted octanol–water partition coefficient (Wildman–Crippen LogP) is 5.58. The van der Waals surface area contributed by atoms with Crippen LogP contribution in [-0.2, 0) is 6.54 Å². The highest BCUT2D eigenvalue weighted by molar-refractivity contribution is 5.66. The molecule has 0 amide bonds. The zero-order valence-corrected chi connectivity index (χ0v) is 16.1. The molecule has 0 N–H and O–H groups in total. The number of nitrogens with zero attached hydrogens (tertiary/aromatic N) is 4. The summed E-state index contributed by atoms with van der Waals surface area (Å²) in [4.78, 5) is 13.1. The number of rotatable bonds is 4. The van der Waals surface area contributed by atoms with E-state index in [1.807, 2.05) is 29.1 Å². The normalized spacial score (nSPS) is 11.2. The van der Waals surface area contributed by atoms with Crippen LogP contribution in [0.25, 0.3) is 33.9 Å². The summed E-state index contributed by atoms with van der Waals surface area (Å²) in [6.07, 6.45) is 6.88. The van der Waals surface area contributed by atoms with Crippen LogP contribution in [0.4, 0.5) is 13.2 Å². The third kappa shape index (κ3) is 3.77. The Morgan fingerprint density at radius 3 is 2.45 bits per heavy atom. The molecule has 0 saturated carbocycles. The number of hydrogen-bond acceptors (Lipinski definition) is 3. The summed E-state index contributed by atoms with van der Waals surface area (Å²) in [5.74, 6) is -1.30. The van der Waals surface area contributed by atoms with E-state index in [9.17, 15) is 13.2 Å². The molecule has 0 saturated heterocycles. The van der Waals surface area contributed by atoms with Crippen molar-refractivity contribution in [3.63, 3.8) is 0 Å². The van der Waals surface area contributed by atoms with E-state index in [4.69, 9.17) is 0 Å². The average molecular weight is 416 g/mol. The monoisotopic (exact) mass is 416 g/mol. The van der Waals surface area contributed by atoms with E-state index in [2.05, 4.69) is 15.0 Å². The second kappa shape index (κ2) is 7.68. The third-order valence-electron chi connectivity index (χ3n) is 4.94. The highest BCUT2D eigenvalue weighted by Crippen LogP contribution is 2.27. The van der Waals surface area contributed by atoms with Crippen molar-refractivity contribution in [1.29, 1.82) is 0 Å². The molecule has 0 radical (unpaired) electrons. The van der Waals surface area contributed by atoms with Gasteiger partial charge < -0.3 is 4.57 Å². The topological polar surface area (TPSA) is 43.6 Å². The first-order valence-electron chi connectivity index (χ1n) is 9.54. The first kappa shape index (κ1) is 19.0. The summed E-state index contributed by atoms with van der Waals surface area (Å²) in [5, 5.41) is 0. The molecule has 2 aliphatic heterocycles. The number of imidazole rings is 1.